The highest BCUT2D eigenvalue weighted by Crippen LogP contribution is 2.26. The number of nitrogens with one attached hydrogen (secondary N) is 2. The number of nitrogens with zero attached hydrogens (tertiary/aromatic N) is 3. The van der Waals surface area contributed by atoms with Crippen LogP contribution in [0.15, 0.2) is 53.6 Å². The van der Waals surface area contributed by atoms with E-state index in [4.69, 9.17) is 19.6 Å². The van der Waals surface area contributed by atoms with Gasteiger partial charge >= 0.3 is 5.97 Å². The molecule has 12 nitrogen and oxygen atoms in total. The lowest BCUT2D eigenvalue weighted by Gasteiger charge is -2.38. The van der Waals surface area contributed by atoms with Crippen molar-refractivity contribution < 1.29 is 32.2 Å². The number of amides is 1. The van der Waals surface area contributed by atoms with Crippen LogP contribution in [0.4, 0.5) is 0 Å². The maximum Gasteiger partial charge on any atom is 0.329 e. The molecule has 13 heteroatoms. The fourth-order valence-electron chi connectivity index (χ4n) is 5.01. The van der Waals surface area contributed by atoms with Crippen LogP contribution in [0.5, 0.6) is 0 Å². The summed E-state index contributed by atoms with van der Waals surface area (Å²) < 4.78 is 43.9. The van der Waals surface area contributed by atoms with E-state index >= 15 is 0 Å². The second kappa shape index (κ2) is 11.6. The highest BCUT2D eigenvalue weighted by molar-refractivity contribution is 7.89. The Kier molecular flexibility index (Phi) is 8.13. The van der Waals surface area contributed by atoms with Crippen LogP contribution in [-0.4, -0.2) is 105 Å². The number of aromatic amines is 1. The number of piperazine rings is 1. The van der Waals surface area contributed by atoms with Gasteiger partial charge in [0.05, 0.1) is 33.4 Å². The maximum atomic E-state index is 13.5. The van der Waals surface area contributed by atoms with Crippen LogP contribution < -0.4 is 0 Å². The Bertz CT molecular complexity index is 1560. The number of hydrogen-bond acceptors (Lipinski definition) is 8. The molecule has 3 heterocycles. The van der Waals surface area contributed by atoms with Gasteiger partial charge in [0, 0.05) is 36.6 Å². The first-order chi connectivity index (χ1) is 19.6. The smallest absolute Gasteiger partial charge is 0.329 e. The zero-order valence-electron chi connectivity index (χ0n) is 23.1. The fourth-order valence-corrected chi connectivity index (χ4v) is 6.42. The molecule has 1 atom stereocenters. The van der Waals surface area contributed by atoms with E-state index in [-0.39, 0.29) is 30.2 Å². The number of carbonyl (C=O) groups excluding carboxylic acids is 2. The van der Waals surface area contributed by atoms with Gasteiger partial charge in [-0.25, -0.2) is 13.2 Å². The molecule has 5 rings (SSSR count). The number of amidine groups is 1. The molecule has 0 radical (unpaired) electrons. The molecule has 2 aliphatic heterocycles. The molecule has 3 aromatic rings. The predicted octanol–water partition coefficient (Wildman–Crippen LogP) is 1.68. The molecule has 2 fully saturated rings. The molecule has 2 aromatic carbocycles. The number of esters is 1. The zero-order valence-corrected chi connectivity index (χ0v) is 23.9. The number of hydrogen-bond donors (Lipinski definition) is 2. The Morgan fingerprint density at radius 1 is 1.15 bits per heavy atom. The van der Waals surface area contributed by atoms with Gasteiger partial charge in [-0.2, -0.15) is 4.31 Å². The summed E-state index contributed by atoms with van der Waals surface area (Å²) in [6.45, 7) is 2.82. The molecular weight excluding hydrogens is 550 g/mol. The van der Waals surface area contributed by atoms with E-state index in [1.165, 1.54) is 18.1 Å². The monoisotopic (exact) mass is 583 g/mol. The average Bonchev–Trinajstić information content (AvgIpc) is 3.63. The molecule has 218 valence electrons. The quantitative estimate of drug-likeness (QED) is 0.232. The summed E-state index contributed by atoms with van der Waals surface area (Å²) in [4.78, 5) is 32.1. The number of aromatic nitrogens is 1. The number of methoxy groups -OCH3 is 1. The third-order valence-electron chi connectivity index (χ3n) is 7.30. The topological polar surface area (TPSA) is 145 Å². The van der Waals surface area contributed by atoms with Gasteiger partial charge in [0.2, 0.25) is 5.91 Å². The lowest BCUT2D eigenvalue weighted by Crippen LogP contribution is -2.60. The van der Waals surface area contributed by atoms with Gasteiger partial charge in [-0.1, -0.05) is 35.9 Å². The first-order valence-electron chi connectivity index (χ1n) is 13.2. The van der Waals surface area contributed by atoms with E-state index in [9.17, 15) is 18.0 Å². The predicted molar refractivity (Wildman–Crippen MR) is 150 cm³/mol. The fraction of sp³-hybridized carbons (Fsp3) is 0.393. The van der Waals surface area contributed by atoms with Gasteiger partial charge < -0.3 is 29.0 Å². The summed E-state index contributed by atoms with van der Waals surface area (Å²) in [5, 5.41) is 9.18. The molecule has 0 saturated carbocycles. The molecular formula is C28H33N5O7S. The van der Waals surface area contributed by atoms with Crippen LogP contribution in [0.2, 0.25) is 0 Å². The van der Waals surface area contributed by atoms with Crippen molar-refractivity contribution in [2.24, 2.45) is 0 Å². The number of ether oxygens (including phenoxy) is 3. The number of benzene rings is 2. The Morgan fingerprint density at radius 2 is 1.85 bits per heavy atom. The molecule has 2 saturated heterocycles. The Balaban J connectivity index is 1.30. The minimum Gasteiger partial charge on any atom is -0.467 e. The summed E-state index contributed by atoms with van der Waals surface area (Å²) >= 11 is 0. The van der Waals surface area contributed by atoms with Crippen molar-refractivity contribution in [3.63, 3.8) is 0 Å². The number of fused-ring (bicyclic) bond motifs is 1. The van der Waals surface area contributed by atoms with E-state index in [2.05, 4.69) is 4.98 Å². The van der Waals surface area contributed by atoms with E-state index in [0.29, 0.717) is 30.8 Å². The lowest BCUT2D eigenvalue weighted by molar-refractivity contribution is -0.157. The highest BCUT2D eigenvalue weighted by Gasteiger charge is 2.42. The van der Waals surface area contributed by atoms with Crippen LogP contribution in [0.25, 0.3) is 10.9 Å². The number of likely N-dealkylation sites (N-methyl/N-ethyl adjacent to an activating group) is 1. The van der Waals surface area contributed by atoms with Crippen LogP contribution in [-0.2, 0) is 40.4 Å². The summed E-state index contributed by atoms with van der Waals surface area (Å²) in [6, 6.07) is 13.0. The first-order valence-corrected chi connectivity index (χ1v) is 14.6. The highest BCUT2D eigenvalue weighted by atomic mass is 32.2. The lowest BCUT2D eigenvalue weighted by atomic mass is 10.1. The van der Waals surface area contributed by atoms with E-state index in [1.54, 1.807) is 42.3 Å². The third kappa shape index (κ3) is 5.98. The van der Waals surface area contributed by atoms with E-state index in [0.717, 1.165) is 20.8 Å². The van der Waals surface area contributed by atoms with Gasteiger partial charge in [0.15, 0.2) is 6.29 Å². The Labute approximate surface area is 238 Å². The first kappa shape index (κ1) is 28.7. The molecule has 0 spiro atoms. The standard InChI is InChI=1S/C28H33N5O7S/c1-18-4-9-22-21(12-18)13-24(30-22)41(36,37)32-15-23(28(35)38-3)33(25(34)16-32)14-19-5-7-20(8-6-19)27(29)31(2)17-26-39-10-11-40-26/h4-9,12-13,23,26,29-30H,10-11,14-17H2,1-3H3/t23-/m1/s1. The van der Waals surface area contributed by atoms with Crippen molar-refractivity contribution in [3.05, 3.63) is 65.2 Å². The normalized spacial score (nSPS) is 18.7. The van der Waals surface area contributed by atoms with Gasteiger partial charge in [-0.05, 0) is 30.7 Å². The van der Waals surface area contributed by atoms with Gasteiger partial charge in [0.1, 0.15) is 16.9 Å². The SMILES string of the molecule is COC(=O)[C@H]1CN(S(=O)(=O)c2cc3cc(C)ccc3[nH]2)CC(=O)N1Cc1ccc(C(=N)N(C)CC2OCCO2)cc1. The molecule has 1 amide bonds. The van der Waals surface area contributed by atoms with Gasteiger partial charge in [-0.3, -0.25) is 10.2 Å². The molecule has 41 heavy (non-hydrogen) atoms. The third-order valence-corrected chi connectivity index (χ3v) is 9.04. The number of H-pyrrole nitrogens is 1. The average molecular weight is 584 g/mol. The van der Waals surface area contributed by atoms with Crippen LogP contribution >= 0.6 is 0 Å². The summed E-state index contributed by atoms with van der Waals surface area (Å²) in [7, 11) is -1.11. The van der Waals surface area contributed by atoms with Crippen molar-refractivity contribution >= 4 is 38.6 Å². The largest absolute Gasteiger partial charge is 0.467 e. The Morgan fingerprint density at radius 3 is 2.54 bits per heavy atom. The van der Waals surface area contributed by atoms with E-state index in [1.807, 2.05) is 19.1 Å². The van der Waals surface area contributed by atoms with Crippen molar-refractivity contribution in [1.82, 2.24) is 19.1 Å². The van der Waals surface area contributed by atoms with Crippen molar-refractivity contribution in [2.75, 3.05) is 47.0 Å². The maximum absolute atomic E-state index is 13.5. The van der Waals surface area contributed by atoms with E-state index < -0.39 is 34.5 Å². The molecule has 2 aliphatic rings. The second-order valence-electron chi connectivity index (χ2n) is 10.2. The van der Waals surface area contributed by atoms with Crippen LogP contribution in [0.3, 0.4) is 0 Å². The van der Waals surface area contributed by atoms with Crippen molar-refractivity contribution in [1.29, 1.82) is 5.41 Å². The number of sulfonamides is 1. The zero-order chi connectivity index (χ0) is 29.3. The number of rotatable bonds is 8. The number of aryl methyl sites for hydroxylation is 1. The van der Waals surface area contributed by atoms with Crippen molar-refractivity contribution in [2.45, 2.75) is 30.8 Å². The molecule has 0 unspecified atom stereocenters. The second-order valence-corrected chi connectivity index (χ2v) is 12.1. The van der Waals surface area contributed by atoms with Crippen LogP contribution in [0.1, 0.15) is 16.7 Å². The summed E-state index contributed by atoms with van der Waals surface area (Å²) in [5.41, 5.74) is 3.03. The van der Waals surface area contributed by atoms with Crippen molar-refractivity contribution in [3.8, 4) is 0 Å². The Hall–Kier alpha value is -3.78. The molecule has 0 aliphatic carbocycles. The summed E-state index contributed by atoms with van der Waals surface area (Å²) in [6.07, 6.45) is -0.372. The van der Waals surface area contributed by atoms with Crippen LogP contribution in [0, 0.1) is 12.3 Å². The van der Waals surface area contributed by atoms with Gasteiger partial charge in [-0.15, -0.1) is 0 Å². The summed E-state index contributed by atoms with van der Waals surface area (Å²) in [5.74, 6) is -0.942. The molecule has 0 bridgehead atoms. The van der Waals surface area contributed by atoms with Gasteiger partial charge in [0.25, 0.3) is 10.0 Å². The molecule has 1 aromatic heterocycles. The number of carbonyl (C=O) groups is 2. The minimum atomic E-state index is -4.10. The molecule has 2 N–H and O–H groups in total. The minimum absolute atomic E-state index is 0.0444.